The molecule has 0 radical (unpaired) electrons. The van der Waals surface area contributed by atoms with Crippen molar-refractivity contribution in [3.8, 4) is 5.75 Å². The predicted octanol–water partition coefficient (Wildman–Crippen LogP) is 3.86. The minimum Gasteiger partial charge on any atom is -0.508 e. The minimum atomic E-state index is -0.478. The van der Waals surface area contributed by atoms with Crippen molar-refractivity contribution in [1.82, 2.24) is 5.32 Å². The van der Waals surface area contributed by atoms with Crippen LogP contribution in [0.5, 0.6) is 5.75 Å². The lowest BCUT2D eigenvalue weighted by atomic mass is 10.2. The van der Waals surface area contributed by atoms with E-state index in [0.717, 1.165) is 4.88 Å². The van der Waals surface area contributed by atoms with Crippen LogP contribution in [0.2, 0.25) is 0 Å². The molecule has 0 unspecified atom stereocenters. The van der Waals surface area contributed by atoms with Crippen molar-refractivity contribution < 1.29 is 14.7 Å². The molecular formula is C20H16N2O3S. The number of benzene rings is 2. The Hall–Kier alpha value is -3.38. The molecule has 0 fully saturated rings. The van der Waals surface area contributed by atoms with Gasteiger partial charge >= 0.3 is 0 Å². The van der Waals surface area contributed by atoms with Gasteiger partial charge in [-0.25, -0.2) is 0 Å². The number of phenolic OH excluding ortho intramolecular Hbond substituents is 1. The average molecular weight is 364 g/mol. The Morgan fingerprint density at radius 2 is 1.77 bits per heavy atom. The van der Waals surface area contributed by atoms with Gasteiger partial charge in [0.15, 0.2) is 0 Å². The Bertz CT molecular complexity index is 935. The van der Waals surface area contributed by atoms with Crippen molar-refractivity contribution >= 4 is 34.9 Å². The van der Waals surface area contributed by atoms with Crippen LogP contribution in [-0.4, -0.2) is 16.9 Å². The molecule has 0 bridgehead atoms. The van der Waals surface area contributed by atoms with Crippen molar-refractivity contribution in [2.75, 3.05) is 5.32 Å². The predicted molar refractivity (Wildman–Crippen MR) is 103 cm³/mol. The zero-order chi connectivity index (χ0) is 18.4. The summed E-state index contributed by atoms with van der Waals surface area (Å²) in [6.07, 6.45) is 1.61. The molecule has 5 nitrogen and oxygen atoms in total. The van der Waals surface area contributed by atoms with E-state index in [9.17, 15) is 14.7 Å². The Morgan fingerprint density at radius 1 is 0.962 bits per heavy atom. The summed E-state index contributed by atoms with van der Waals surface area (Å²) in [6.45, 7) is 0. The number of rotatable bonds is 5. The Morgan fingerprint density at radius 3 is 2.46 bits per heavy atom. The number of carbonyl (C=O) groups is 2. The van der Waals surface area contributed by atoms with Crippen LogP contribution in [0.1, 0.15) is 15.2 Å². The molecule has 0 aliphatic carbocycles. The molecule has 0 atom stereocenters. The van der Waals surface area contributed by atoms with Gasteiger partial charge in [-0.1, -0.05) is 30.3 Å². The fourth-order valence-corrected chi connectivity index (χ4v) is 2.90. The highest BCUT2D eigenvalue weighted by molar-refractivity contribution is 7.10. The van der Waals surface area contributed by atoms with Crippen LogP contribution in [-0.2, 0) is 4.79 Å². The first-order chi connectivity index (χ1) is 12.6. The number of anilines is 1. The fraction of sp³-hybridized carbons (Fsp3) is 0. The first-order valence-corrected chi connectivity index (χ1v) is 8.72. The second kappa shape index (κ2) is 8.13. The molecule has 130 valence electrons. The largest absolute Gasteiger partial charge is 0.508 e. The molecule has 1 heterocycles. The highest BCUT2D eigenvalue weighted by atomic mass is 32.1. The van der Waals surface area contributed by atoms with E-state index >= 15 is 0 Å². The van der Waals surface area contributed by atoms with Crippen molar-refractivity contribution in [3.63, 3.8) is 0 Å². The van der Waals surface area contributed by atoms with E-state index in [0.29, 0.717) is 11.3 Å². The standard InChI is InChI=1S/C20H16N2O3S/c23-16-9-4-8-15(12-16)21-20(25)18(13-17-10-5-11-26-17)22-19(24)14-6-2-1-3-7-14/h1-13,23H,(H,21,25)(H,22,24)/b18-13+. The molecule has 0 aliphatic heterocycles. The molecule has 2 amide bonds. The number of phenols is 1. The Balaban J connectivity index is 1.83. The van der Waals surface area contributed by atoms with Crippen LogP contribution in [0.3, 0.4) is 0 Å². The monoisotopic (exact) mass is 364 g/mol. The molecule has 0 saturated heterocycles. The maximum atomic E-state index is 12.6. The van der Waals surface area contributed by atoms with Crippen molar-refractivity contribution in [1.29, 1.82) is 0 Å². The SMILES string of the molecule is O=C(Nc1cccc(O)c1)/C(=C\c1cccs1)NC(=O)c1ccccc1. The summed E-state index contributed by atoms with van der Waals surface area (Å²) >= 11 is 1.45. The van der Waals surface area contributed by atoms with Crippen LogP contribution in [0.15, 0.2) is 77.8 Å². The zero-order valence-electron chi connectivity index (χ0n) is 13.7. The molecule has 3 N–H and O–H groups in total. The topological polar surface area (TPSA) is 78.4 Å². The van der Waals surface area contributed by atoms with E-state index in [1.165, 1.54) is 23.5 Å². The second-order valence-corrected chi connectivity index (χ2v) is 6.38. The Kier molecular flexibility index (Phi) is 5.46. The lowest BCUT2D eigenvalue weighted by Gasteiger charge is -2.11. The number of nitrogens with one attached hydrogen (secondary N) is 2. The van der Waals surface area contributed by atoms with E-state index in [1.54, 1.807) is 42.5 Å². The van der Waals surface area contributed by atoms with Crippen molar-refractivity contribution in [2.24, 2.45) is 0 Å². The molecule has 6 heteroatoms. The summed E-state index contributed by atoms with van der Waals surface area (Å²) in [5.74, 6) is -0.812. The van der Waals surface area contributed by atoms with Gasteiger partial charge in [-0.3, -0.25) is 9.59 Å². The third-order valence-electron chi connectivity index (χ3n) is 3.46. The summed E-state index contributed by atoms with van der Waals surface area (Å²) in [7, 11) is 0. The summed E-state index contributed by atoms with van der Waals surface area (Å²) in [4.78, 5) is 25.9. The second-order valence-electron chi connectivity index (χ2n) is 5.40. The van der Waals surface area contributed by atoms with Crippen LogP contribution in [0.4, 0.5) is 5.69 Å². The zero-order valence-corrected chi connectivity index (χ0v) is 14.5. The molecule has 26 heavy (non-hydrogen) atoms. The summed E-state index contributed by atoms with van der Waals surface area (Å²) in [5, 5.41) is 16.8. The van der Waals surface area contributed by atoms with Gasteiger partial charge in [-0.15, -0.1) is 11.3 Å². The van der Waals surface area contributed by atoms with Gasteiger partial charge in [0, 0.05) is 22.2 Å². The molecule has 2 aromatic carbocycles. The molecule has 0 aliphatic rings. The van der Waals surface area contributed by atoms with Gasteiger partial charge in [0.2, 0.25) is 0 Å². The number of amides is 2. The van der Waals surface area contributed by atoms with Gasteiger partial charge in [0.25, 0.3) is 11.8 Å². The van der Waals surface area contributed by atoms with Crippen LogP contribution in [0.25, 0.3) is 6.08 Å². The first-order valence-electron chi connectivity index (χ1n) is 7.84. The summed E-state index contributed by atoms with van der Waals surface area (Å²) < 4.78 is 0. The fourth-order valence-electron chi connectivity index (χ4n) is 2.24. The van der Waals surface area contributed by atoms with Gasteiger partial charge in [0.05, 0.1) is 0 Å². The van der Waals surface area contributed by atoms with Gasteiger partial charge in [0.1, 0.15) is 11.4 Å². The molecular weight excluding hydrogens is 348 g/mol. The number of hydrogen-bond acceptors (Lipinski definition) is 4. The third-order valence-corrected chi connectivity index (χ3v) is 4.28. The van der Waals surface area contributed by atoms with Crippen LogP contribution < -0.4 is 10.6 Å². The lowest BCUT2D eigenvalue weighted by molar-refractivity contribution is -0.113. The normalized spacial score (nSPS) is 11.0. The summed E-state index contributed by atoms with van der Waals surface area (Å²) in [5.41, 5.74) is 1.00. The smallest absolute Gasteiger partial charge is 0.272 e. The minimum absolute atomic E-state index is 0.0416. The highest BCUT2D eigenvalue weighted by Crippen LogP contribution is 2.18. The molecule has 0 saturated carbocycles. The van der Waals surface area contributed by atoms with E-state index in [2.05, 4.69) is 10.6 Å². The Labute approximate surface area is 154 Å². The van der Waals surface area contributed by atoms with E-state index in [-0.39, 0.29) is 17.4 Å². The van der Waals surface area contributed by atoms with Gasteiger partial charge in [-0.05, 0) is 41.8 Å². The van der Waals surface area contributed by atoms with Gasteiger partial charge in [-0.2, -0.15) is 0 Å². The van der Waals surface area contributed by atoms with Crippen molar-refractivity contribution in [3.05, 3.63) is 88.2 Å². The maximum absolute atomic E-state index is 12.6. The van der Waals surface area contributed by atoms with Crippen LogP contribution >= 0.6 is 11.3 Å². The average Bonchev–Trinajstić information content (AvgIpc) is 3.15. The number of thiophene rings is 1. The number of aromatic hydroxyl groups is 1. The number of hydrogen-bond donors (Lipinski definition) is 3. The maximum Gasteiger partial charge on any atom is 0.272 e. The quantitative estimate of drug-likeness (QED) is 0.602. The molecule has 1 aromatic heterocycles. The van der Waals surface area contributed by atoms with Crippen molar-refractivity contribution in [2.45, 2.75) is 0 Å². The lowest BCUT2D eigenvalue weighted by Crippen LogP contribution is -2.30. The molecule has 3 rings (SSSR count). The third kappa shape index (κ3) is 4.58. The highest BCUT2D eigenvalue weighted by Gasteiger charge is 2.15. The van der Waals surface area contributed by atoms with Gasteiger partial charge < -0.3 is 15.7 Å². The first kappa shape index (κ1) is 17.4. The number of carbonyl (C=O) groups excluding carboxylic acids is 2. The van der Waals surface area contributed by atoms with Crippen LogP contribution in [0, 0.1) is 0 Å². The van der Waals surface area contributed by atoms with E-state index in [1.807, 2.05) is 23.6 Å². The van der Waals surface area contributed by atoms with E-state index < -0.39 is 5.91 Å². The summed E-state index contributed by atoms with van der Waals surface area (Å²) in [6, 6.07) is 18.6. The van der Waals surface area contributed by atoms with E-state index in [4.69, 9.17) is 0 Å². The molecule has 0 spiro atoms. The molecule has 3 aromatic rings.